The number of amides is 1. The Labute approximate surface area is 110 Å². The molecule has 0 atom stereocenters. The molecule has 1 aromatic carbocycles. The summed E-state index contributed by atoms with van der Waals surface area (Å²) in [4.78, 5) is 33.3. The number of hydrogen-bond acceptors (Lipinski definition) is 4. The normalized spacial score (nSPS) is 9.79. The molecule has 1 amide bonds. The van der Waals surface area contributed by atoms with Crippen LogP contribution in [0.5, 0.6) is 5.75 Å². The zero-order valence-electron chi connectivity index (χ0n) is 10.7. The van der Waals surface area contributed by atoms with Crippen molar-refractivity contribution in [1.82, 2.24) is 0 Å². The minimum atomic E-state index is -1.21. The second-order valence-corrected chi connectivity index (χ2v) is 3.91. The van der Waals surface area contributed by atoms with E-state index < -0.39 is 11.9 Å². The highest BCUT2D eigenvalue weighted by molar-refractivity contribution is 5.95. The lowest BCUT2D eigenvalue weighted by molar-refractivity contribution is -0.131. The summed E-state index contributed by atoms with van der Waals surface area (Å²) in [5.41, 5.74) is 0.253. The van der Waals surface area contributed by atoms with Crippen molar-refractivity contribution in [3.05, 3.63) is 23.8 Å². The maximum Gasteiger partial charge on any atom is 0.339 e. The number of ether oxygens (including phenoxy) is 1. The van der Waals surface area contributed by atoms with Crippen LogP contribution in [0.15, 0.2) is 18.2 Å². The van der Waals surface area contributed by atoms with Gasteiger partial charge in [-0.2, -0.15) is 0 Å². The van der Waals surface area contributed by atoms with Crippen LogP contribution < -0.4 is 10.1 Å². The average molecular weight is 265 g/mol. The Bertz CT molecular complexity index is 510. The van der Waals surface area contributed by atoms with E-state index in [1.807, 2.05) is 6.92 Å². The Balaban J connectivity index is 3.00. The lowest BCUT2D eigenvalue weighted by Crippen LogP contribution is -2.12. The molecule has 0 spiro atoms. The smallest absolute Gasteiger partial charge is 0.339 e. The van der Waals surface area contributed by atoms with Gasteiger partial charge in [-0.3, -0.25) is 9.59 Å². The molecule has 6 heteroatoms. The molecule has 0 unspecified atom stereocenters. The number of nitrogens with one attached hydrogen (secondary N) is 1. The van der Waals surface area contributed by atoms with Crippen LogP contribution in [0.2, 0.25) is 0 Å². The maximum atomic E-state index is 11.4. The van der Waals surface area contributed by atoms with Crippen molar-refractivity contribution in [2.75, 3.05) is 5.32 Å². The molecule has 0 aliphatic rings. The van der Waals surface area contributed by atoms with Gasteiger partial charge in [-0.25, -0.2) is 4.79 Å². The summed E-state index contributed by atoms with van der Waals surface area (Å²) in [5, 5.41) is 11.6. The van der Waals surface area contributed by atoms with Gasteiger partial charge in [0.25, 0.3) is 0 Å². The van der Waals surface area contributed by atoms with Gasteiger partial charge in [0.05, 0.1) is 0 Å². The SMILES string of the molecule is CCCC(=O)Nc1ccc(C(=O)O)c(OC(C)=O)c1. The monoisotopic (exact) mass is 265 g/mol. The Morgan fingerprint density at radius 2 is 2.00 bits per heavy atom. The Morgan fingerprint density at radius 1 is 1.32 bits per heavy atom. The minimum Gasteiger partial charge on any atom is -0.478 e. The first kappa shape index (κ1) is 14.7. The number of carbonyl (C=O) groups is 3. The molecular weight excluding hydrogens is 250 g/mol. The number of esters is 1. The fraction of sp³-hybridized carbons (Fsp3) is 0.308. The number of benzene rings is 1. The quantitative estimate of drug-likeness (QED) is 0.627. The molecule has 0 saturated carbocycles. The minimum absolute atomic E-state index is 0.0886. The number of rotatable bonds is 5. The fourth-order valence-electron chi connectivity index (χ4n) is 1.47. The van der Waals surface area contributed by atoms with Crippen LogP contribution in [0.4, 0.5) is 5.69 Å². The Morgan fingerprint density at radius 3 is 2.53 bits per heavy atom. The van der Waals surface area contributed by atoms with Crippen LogP contribution in [0.25, 0.3) is 0 Å². The lowest BCUT2D eigenvalue weighted by atomic mass is 10.1. The molecular formula is C13H15NO5. The topological polar surface area (TPSA) is 92.7 Å². The molecule has 102 valence electrons. The number of carboxylic acid groups (broad SMARTS) is 1. The van der Waals surface area contributed by atoms with Crippen molar-refractivity contribution in [2.24, 2.45) is 0 Å². The predicted molar refractivity (Wildman–Crippen MR) is 68.2 cm³/mol. The molecule has 6 nitrogen and oxygen atoms in total. The third kappa shape index (κ3) is 4.42. The van der Waals surface area contributed by atoms with Gasteiger partial charge >= 0.3 is 11.9 Å². The van der Waals surface area contributed by atoms with Crippen LogP contribution in [-0.2, 0) is 9.59 Å². The van der Waals surface area contributed by atoms with E-state index in [0.29, 0.717) is 18.5 Å². The number of carboxylic acids is 1. The van der Waals surface area contributed by atoms with E-state index in [1.54, 1.807) is 0 Å². The largest absolute Gasteiger partial charge is 0.478 e. The summed E-state index contributed by atoms with van der Waals surface area (Å²) in [6.45, 7) is 3.05. The van der Waals surface area contributed by atoms with E-state index in [4.69, 9.17) is 9.84 Å². The van der Waals surface area contributed by atoms with Crippen molar-refractivity contribution < 1.29 is 24.2 Å². The first-order chi connectivity index (χ1) is 8.93. The van der Waals surface area contributed by atoms with Crippen molar-refractivity contribution >= 4 is 23.5 Å². The summed E-state index contributed by atoms with van der Waals surface area (Å²) in [6, 6.07) is 4.05. The molecule has 19 heavy (non-hydrogen) atoms. The zero-order valence-corrected chi connectivity index (χ0v) is 10.7. The molecule has 0 aliphatic heterocycles. The van der Waals surface area contributed by atoms with Gasteiger partial charge in [-0.05, 0) is 18.6 Å². The third-order valence-corrected chi connectivity index (χ3v) is 2.23. The van der Waals surface area contributed by atoms with Crippen molar-refractivity contribution in [1.29, 1.82) is 0 Å². The fourth-order valence-corrected chi connectivity index (χ4v) is 1.47. The molecule has 0 fully saturated rings. The van der Waals surface area contributed by atoms with Gasteiger partial charge < -0.3 is 15.2 Å². The first-order valence-corrected chi connectivity index (χ1v) is 5.79. The van der Waals surface area contributed by atoms with E-state index in [9.17, 15) is 14.4 Å². The summed E-state index contributed by atoms with van der Waals surface area (Å²) in [6.07, 6.45) is 1.07. The van der Waals surface area contributed by atoms with Gasteiger partial charge in [-0.15, -0.1) is 0 Å². The van der Waals surface area contributed by atoms with Crippen molar-refractivity contribution in [3.8, 4) is 5.75 Å². The lowest BCUT2D eigenvalue weighted by Gasteiger charge is -2.09. The van der Waals surface area contributed by atoms with E-state index >= 15 is 0 Å². The zero-order chi connectivity index (χ0) is 14.4. The van der Waals surface area contributed by atoms with E-state index in [-0.39, 0.29) is 17.2 Å². The molecule has 0 saturated heterocycles. The van der Waals surface area contributed by atoms with E-state index in [2.05, 4.69) is 5.32 Å². The standard InChI is InChI=1S/C13H15NO5/c1-3-4-12(16)14-9-5-6-10(13(17)18)11(7-9)19-8(2)15/h5-7H,3-4H2,1-2H3,(H,14,16)(H,17,18). The Kier molecular flexibility index (Phi) is 5.05. The first-order valence-electron chi connectivity index (χ1n) is 5.79. The highest BCUT2D eigenvalue weighted by Gasteiger charge is 2.14. The average Bonchev–Trinajstić information content (AvgIpc) is 2.28. The van der Waals surface area contributed by atoms with Crippen LogP contribution in [0, 0.1) is 0 Å². The summed E-state index contributed by atoms with van der Waals surface area (Å²) >= 11 is 0. The second-order valence-electron chi connectivity index (χ2n) is 3.91. The number of anilines is 1. The summed E-state index contributed by atoms with van der Waals surface area (Å²) in [7, 11) is 0. The molecule has 0 heterocycles. The molecule has 0 radical (unpaired) electrons. The number of hydrogen-bond donors (Lipinski definition) is 2. The number of carbonyl (C=O) groups excluding carboxylic acids is 2. The number of aromatic carboxylic acids is 1. The van der Waals surface area contributed by atoms with Gasteiger partial charge in [0, 0.05) is 25.1 Å². The van der Waals surface area contributed by atoms with Gasteiger partial charge in [-0.1, -0.05) is 6.92 Å². The van der Waals surface area contributed by atoms with Crippen molar-refractivity contribution in [3.63, 3.8) is 0 Å². The summed E-state index contributed by atoms with van der Waals surface area (Å²) in [5.74, 6) is -2.10. The predicted octanol–water partition coefficient (Wildman–Crippen LogP) is 2.05. The highest BCUT2D eigenvalue weighted by Crippen LogP contribution is 2.24. The molecule has 0 bridgehead atoms. The van der Waals surface area contributed by atoms with Gasteiger partial charge in [0.2, 0.25) is 5.91 Å². The maximum absolute atomic E-state index is 11.4. The molecule has 1 aromatic rings. The van der Waals surface area contributed by atoms with Crippen molar-refractivity contribution in [2.45, 2.75) is 26.7 Å². The Hall–Kier alpha value is -2.37. The van der Waals surface area contributed by atoms with Gasteiger partial charge in [0.15, 0.2) is 0 Å². The van der Waals surface area contributed by atoms with E-state index in [1.165, 1.54) is 25.1 Å². The van der Waals surface area contributed by atoms with Crippen LogP contribution in [0.3, 0.4) is 0 Å². The van der Waals surface area contributed by atoms with Crippen LogP contribution in [-0.4, -0.2) is 23.0 Å². The van der Waals surface area contributed by atoms with E-state index in [0.717, 1.165) is 0 Å². The molecule has 0 aromatic heterocycles. The second kappa shape index (κ2) is 6.53. The third-order valence-electron chi connectivity index (χ3n) is 2.23. The molecule has 2 N–H and O–H groups in total. The van der Waals surface area contributed by atoms with Crippen LogP contribution in [0.1, 0.15) is 37.0 Å². The molecule has 1 rings (SSSR count). The summed E-state index contributed by atoms with van der Waals surface area (Å²) < 4.78 is 4.82. The van der Waals surface area contributed by atoms with Crippen LogP contribution >= 0.6 is 0 Å². The molecule has 0 aliphatic carbocycles. The van der Waals surface area contributed by atoms with Gasteiger partial charge in [0.1, 0.15) is 11.3 Å². The highest BCUT2D eigenvalue weighted by atomic mass is 16.5.